The second kappa shape index (κ2) is 6.77. The summed E-state index contributed by atoms with van der Waals surface area (Å²) >= 11 is -1.85. The van der Waals surface area contributed by atoms with E-state index in [2.05, 4.69) is 54.6 Å². The maximum atomic E-state index is 2.66. The SMILES string of the molecule is CC1=[C]([Hf]([C]2=C(C)C([SiH3])=C(C)C2C)[SiH](C)C)C(C)C(C)=C1[SiH3].[H-].[H-]. The largest absolute Gasteiger partial charge is 1.00 e. The summed E-state index contributed by atoms with van der Waals surface area (Å²) in [5, 5.41) is 3.50. The monoisotopic (exact) mass is 515 g/mol. The molecule has 2 aliphatic carbocycles. The van der Waals surface area contributed by atoms with Crippen LogP contribution in [-0.4, -0.2) is 26.5 Å². The van der Waals surface area contributed by atoms with Crippen molar-refractivity contribution in [1.29, 1.82) is 0 Å². The molecule has 125 valence electrons. The van der Waals surface area contributed by atoms with Crippen molar-refractivity contribution in [3.63, 3.8) is 0 Å². The van der Waals surface area contributed by atoms with Crippen molar-refractivity contribution in [2.45, 2.75) is 54.6 Å². The number of hydrogen-bond acceptors (Lipinski definition) is 0. The summed E-state index contributed by atoms with van der Waals surface area (Å²) in [4.78, 5) is 0. The minimum atomic E-state index is -1.85. The Bertz CT molecular complexity index is 593. The molecule has 2 atom stereocenters. The summed E-state index contributed by atoms with van der Waals surface area (Å²) < 4.78 is 4.03. The third kappa shape index (κ3) is 2.82. The standard InChI is InChI=1S/2C8H13Si.C2H7Si.Hf.2H/c2*1-5-4-6(2)8(9)7(5)3;1-3-2;;;/h2*5H,1-3,9H3;3H,1-2H3;;;/q;;;;2*-1. The van der Waals surface area contributed by atoms with E-state index >= 15 is 0 Å². The van der Waals surface area contributed by atoms with Crippen LogP contribution in [-0.2, 0) is 20.6 Å². The van der Waals surface area contributed by atoms with Crippen LogP contribution < -0.4 is 0 Å². The molecule has 0 spiro atoms. The smallest absolute Gasteiger partial charge is 1.00 e. The van der Waals surface area contributed by atoms with Gasteiger partial charge >= 0.3 is 153 Å². The second-order valence-electron chi connectivity index (χ2n) is 7.71. The molecule has 0 aromatic carbocycles. The van der Waals surface area contributed by atoms with Gasteiger partial charge in [-0.15, -0.1) is 0 Å². The van der Waals surface area contributed by atoms with Gasteiger partial charge in [0.1, 0.15) is 0 Å². The molecule has 0 fully saturated rings. The van der Waals surface area contributed by atoms with Gasteiger partial charge in [-0.3, -0.25) is 0 Å². The third-order valence-corrected chi connectivity index (χ3v) is 38.2. The number of allylic oxidation sites excluding steroid dienone is 8. The summed E-state index contributed by atoms with van der Waals surface area (Å²) in [6.07, 6.45) is 0. The fourth-order valence-electron chi connectivity index (χ4n) is 4.37. The normalized spacial score (nSPS) is 26.6. The minimum Gasteiger partial charge on any atom is -1.00 e. The second-order valence-corrected chi connectivity index (χ2v) is 36.0. The van der Waals surface area contributed by atoms with Crippen LogP contribution in [0.15, 0.2) is 39.3 Å². The van der Waals surface area contributed by atoms with E-state index in [9.17, 15) is 0 Å². The van der Waals surface area contributed by atoms with E-state index in [0.29, 0.717) is 0 Å². The zero-order valence-electron chi connectivity index (χ0n) is 18.2. The first-order valence-electron chi connectivity index (χ1n) is 8.75. The quantitative estimate of drug-likeness (QED) is 0.509. The van der Waals surface area contributed by atoms with Crippen molar-refractivity contribution in [3.8, 4) is 0 Å². The zero-order chi connectivity index (χ0) is 16.9. The van der Waals surface area contributed by atoms with Gasteiger partial charge in [0.05, 0.1) is 0 Å². The molecule has 2 rings (SSSR count). The first kappa shape index (κ1) is 18.8. The molecule has 0 nitrogen and oxygen atoms in total. The first-order chi connectivity index (χ1) is 10.1. The Morgan fingerprint density at radius 3 is 1.32 bits per heavy atom. The topological polar surface area (TPSA) is 0 Å². The zero-order valence-corrected chi connectivity index (χ0v) is 25.0. The molecular weight excluding hydrogens is 479 g/mol. The molecule has 0 heterocycles. The van der Waals surface area contributed by atoms with Crippen molar-refractivity contribution in [2.24, 2.45) is 11.8 Å². The fourth-order valence-corrected chi connectivity index (χ4v) is 40.1. The molecule has 0 bridgehead atoms. The van der Waals surface area contributed by atoms with Crippen LogP contribution >= 0.6 is 0 Å². The summed E-state index contributed by atoms with van der Waals surface area (Å²) in [6, 6.07) is 0. The van der Waals surface area contributed by atoms with E-state index in [1.807, 2.05) is 6.66 Å². The summed E-state index contributed by atoms with van der Waals surface area (Å²) in [5.74, 6) is 0.967. The summed E-state index contributed by atoms with van der Waals surface area (Å²) in [5.41, 5.74) is 6.95. The Balaban J connectivity index is 0.00000264. The predicted molar refractivity (Wildman–Crippen MR) is 110 cm³/mol. The van der Waals surface area contributed by atoms with Crippen LogP contribution in [0.1, 0.15) is 44.4 Å². The van der Waals surface area contributed by atoms with E-state index in [0.717, 1.165) is 11.8 Å². The van der Waals surface area contributed by atoms with Gasteiger partial charge < -0.3 is 2.85 Å². The molecule has 2 unspecified atom stereocenters. The maximum Gasteiger partial charge on any atom is -1.00 e. The van der Waals surface area contributed by atoms with E-state index in [1.165, 1.54) is 20.5 Å². The Morgan fingerprint density at radius 2 is 1.14 bits per heavy atom. The molecule has 0 saturated carbocycles. The van der Waals surface area contributed by atoms with E-state index in [4.69, 9.17) is 0 Å². The van der Waals surface area contributed by atoms with Crippen LogP contribution in [0, 0.1) is 11.8 Å². The fraction of sp³-hybridized carbons (Fsp3) is 0.556. The predicted octanol–water partition coefficient (Wildman–Crippen LogP) is 2.94. The Morgan fingerprint density at radius 1 is 0.818 bits per heavy atom. The van der Waals surface area contributed by atoms with Crippen molar-refractivity contribution in [1.82, 2.24) is 0 Å². The van der Waals surface area contributed by atoms with Gasteiger partial charge in [0, 0.05) is 0 Å². The average Bonchev–Trinajstić information content (AvgIpc) is 2.76. The van der Waals surface area contributed by atoms with Gasteiger partial charge in [0.25, 0.3) is 0 Å². The molecule has 22 heavy (non-hydrogen) atoms. The molecule has 4 heteroatoms. The molecule has 0 amide bonds. The minimum absolute atomic E-state index is 0. The van der Waals surface area contributed by atoms with Gasteiger partial charge in [0.15, 0.2) is 0 Å². The van der Waals surface area contributed by atoms with Crippen LogP contribution in [0.25, 0.3) is 0 Å². The van der Waals surface area contributed by atoms with Gasteiger partial charge in [-0.25, -0.2) is 0 Å². The van der Waals surface area contributed by atoms with Gasteiger partial charge in [-0.05, 0) is 0 Å². The summed E-state index contributed by atoms with van der Waals surface area (Å²) in [7, 11) is 2.47. The van der Waals surface area contributed by atoms with Gasteiger partial charge in [0.2, 0.25) is 0 Å². The van der Waals surface area contributed by atoms with Crippen LogP contribution in [0.2, 0.25) is 13.1 Å². The van der Waals surface area contributed by atoms with E-state index in [1.54, 1.807) is 32.7 Å². The Hall–Kier alpha value is 0.481. The summed E-state index contributed by atoms with van der Waals surface area (Å²) in [6.45, 7) is 20.1. The molecule has 0 N–H and O–H groups in total. The average molecular weight is 514 g/mol. The molecule has 0 aliphatic heterocycles. The van der Waals surface area contributed by atoms with Crippen molar-refractivity contribution < 1.29 is 23.5 Å². The number of hydrogen-bond donors (Lipinski definition) is 0. The van der Waals surface area contributed by atoms with Crippen LogP contribution in [0.4, 0.5) is 0 Å². The Labute approximate surface area is 155 Å². The Kier molecular flexibility index (Phi) is 5.79. The van der Waals surface area contributed by atoms with Crippen molar-refractivity contribution >= 4 is 26.5 Å². The molecular formula is C18H35HfSi3-2. The van der Waals surface area contributed by atoms with E-state index < -0.39 is 26.6 Å². The van der Waals surface area contributed by atoms with Crippen LogP contribution in [0.3, 0.4) is 0 Å². The van der Waals surface area contributed by atoms with Crippen molar-refractivity contribution in [2.75, 3.05) is 0 Å². The first-order valence-corrected chi connectivity index (χ1v) is 23.5. The molecule has 0 saturated heterocycles. The number of rotatable bonds is 3. The molecule has 0 aromatic rings. The van der Waals surface area contributed by atoms with E-state index in [-0.39, 0.29) is 2.85 Å². The van der Waals surface area contributed by atoms with Crippen LogP contribution in [0.5, 0.6) is 0 Å². The third-order valence-electron chi connectivity index (χ3n) is 6.44. The molecule has 0 aromatic heterocycles. The van der Waals surface area contributed by atoms with Crippen molar-refractivity contribution in [3.05, 3.63) is 39.3 Å². The molecule has 2 aliphatic rings. The maximum absolute atomic E-state index is 2.66. The van der Waals surface area contributed by atoms with Gasteiger partial charge in [-0.2, -0.15) is 0 Å². The molecule has 0 radical (unpaired) electrons. The van der Waals surface area contributed by atoms with Gasteiger partial charge in [-0.1, -0.05) is 0 Å².